The number of carbonyl (C=O) groups is 3. The van der Waals surface area contributed by atoms with Crippen molar-refractivity contribution in [2.24, 2.45) is 5.73 Å². The molecule has 0 aliphatic rings. The monoisotopic (exact) mass is 390 g/mol. The normalized spacial score (nSPS) is 12.3. The molecular formula is C20H23ClN2O4. The maximum atomic E-state index is 12.1. The van der Waals surface area contributed by atoms with E-state index in [-0.39, 0.29) is 18.8 Å². The third-order valence-electron chi connectivity index (χ3n) is 3.96. The van der Waals surface area contributed by atoms with E-state index in [0.29, 0.717) is 6.42 Å². The van der Waals surface area contributed by atoms with Crippen LogP contribution in [0.1, 0.15) is 17.5 Å². The van der Waals surface area contributed by atoms with Gasteiger partial charge in [-0.05, 0) is 17.5 Å². The first kappa shape index (κ1) is 22.3. The number of benzene rings is 2. The highest BCUT2D eigenvalue weighted by Gasteiger charge is 2.23. The van der Waals surface area contributed by atoms with E-state index in [4.69, 9.17) is 5.73 Å². The predicted molar refractivity (Wildman–Crippen MR) is 105 cm³/mol. The van der Waals surface area contributed by atoms with Crippen LogP contribution in [0.3, 0.4) is 0 Å². The lowest BCUT2D eigenvalue weighted by atomic mass is 10.0. The Hall–Kier alpha value is -2.70. The van der Waals surface area contributed by atoms with Gasteiger partial charge in [-0.1, -0.05) is 60.7 Å². The Balaban J connectivity index is 0.00000364. The van der Waals surface area contributed by atoms with E-state index in [0.717, 1.165) is 11.1 Å². The molecule has 0 radical (unpaired) electrons. The van der Waals surface area contributed by atoms with Crippen LogP contribution in [0.25, 0.3) is 0 Å². The summed E-state index contributed by atoms with van der Waals surface area (Å²) in [6.07, 6.45) is 0.0398. The number of hydrogen-bond acceptors (Lipinski definition) is 4. The van der Waals surface area contributed by atoms with Gasteiger partial charge in [0.05, 0.1) is 12.5 Å². The van der Waals surface area contributed by atoms with E-state index in [2.05, 4.69) is 5.32 Å². The van der Waals surface area contributed by atoms with Crippen molar-refractivity contribution in [2.75, 3.05) is 0 Å². The molecule has 0 bridgehead atoms. The van der Waals surface area contributed by atoms with Crippen LogP contribution in [-0.4, -0.2) is 34.8 Å². The number of carboxylic acid groups (broad SMARTS) is 1. The molecule has 1 amide bonds. The van der Waals surface area contributed by atoms with Crippen LogP contribution in [0.4, 0.5) is 0 Å². The van der Waals surface area contributed by atoms with E-state index in [1.165, 1.54) is 0 Å². The van der Waals surface area contributed by atoms with Crippen LogP contribution in [0, 0.1) is 0 Å². The van der Waals surface area contributed by atoms with Gasteiger partial charge in [0.1, 0.15) is 6.04 Å². The Bertz CT molecular complexity index is 753. The number of halogens is 1. The topological polar surface area (TPSA) is 109 Å². The van der Waals surface area contributed by atoms with Gasteiger partial charge < -0.3 is 16.2 Å². The van der Waals surface area contributed by atoms with Gasteiger partial charge in [-0.25, -0.2) is 4.79 Å². The molecule has 0 fully saturated rings. The zero-order chi connectivity index (χ0) is 18.9. The fourth-order valence-electron chi connectivity index (χ4n) is 2.57. The van der Waals surface area contributed by atoms with Crippen molar-refractivity contribution in [3.63, 3.8) is 0 Å². The van der Waals surface area contributed by atoms with E-state index < -0.39 is 36.2 Å². The molecule has 144 valence electrons. The molecule has 0 aromatic heterocycles. The van der Waals surface area contributed by atoms with Crippen molar-refractivity contribution in [3.05, 3.63) is 71.8 Å². The second-order valence-electron chi connectivity index (χ2n) is 6.09. The molecule has 2 atom stereocenters. The Kier molecular flexibility index (Phi) is 9.19. The summed E-state index contributed by atoms with van der Waals surface area (Å²) in [7, 11) is 0. The molecule has 0 spiro atoms. The lowest BCUT2D eigenvalue weighted by molar-refractivity contribution is -0.142. The maximum absolute atomic E-state index is 12.1. The van der Waals surface area contributed by atoms with Crippen molar-refractivity contribution in [2.45, 2.75) is 31.3 Å². The van der Waals surface area contributed by atoms with Crippen molar-refractivity contribution < 1.29 is 19.5 Å². The minimum Gasteiger partial charge on any atom is -0.480 e. The zero-order valence-corrected chi connectivity index (χ0v) is 15.5. The minimum atomic E-state index is -1.15. The Morgan fingerprint density at radius 2 is 1.37 bits per heavy atom. The SMILES string of the molecule is Cl.N[C@H](Cc1ccccc1)C(=O)CC(=O)N[C@@H](Cc1ccccc1)C(=O)O. The number of carbonyl (C=O) groups excluding carboxylic acids is 2. The first-order valence-corrected chi connectivity index (χ1v) is 8.34. The molecule has 0 aliphatic heterocycles. The van der Waals surface area contributed by atoms with Gasteiger partial charge in [0.2, 0.25) is 5.91 Å². The van der Waals surface area contributed by atoms with Gasteiger partial charge in [0, 0.05) is 6.42 Å². The summed E-state index contributed by atoms with van der Waals surface area (Å²) >= 11 is 0. The first-order valence-electron chi connectivity index (χ1n) is 8.34. The standard InChI is InChI=1S/C20H22N2O4.ClH/c21-16(11-14-7-3-1-4-8-14)18(23)13-19(24)22-17(20(25)26)12-15-9-5-2-6-10-15;/h1-10,16-17H,11-13,21H2,(H,22,24)(H,25,26);1H/t16-,17+;/m1./s1. The second-order valence-corrected chi connectivity index (χ2v) is 6.09. The number of Topliss-reactive ketones (excluding diaryl/α,β-unsaturated/α-hetero) is 1. The average Bonchev–Trinajstić information content (AvgIpc) is 2.62. The first-order chi connectivity index (χ1) is 12.5. The summed E-state index contributed by atoms with van der Waals surface area (Å²) < 4.78 is 0. The fourth-order valence-corrected chi connectivity index (χ4v) is 2.57. The maximum Gasteiger partial charge on any atom is 0.326 e. The van der Waals surface area contributed by atoms with Gasteiger partial charge in [-0.3, -0.25) is 9.59 Å². The number of nitrogens with one attached hydrogen (secondary N) is 1. The number of aliphatic carboxylic acids is 1. The molecule has 2 aromatic carbocycles. The number of amides is 1. The van der Waals surface area contributed by atoms with Crippen LogP contribution >= 0.6 is 12.4 Å². The quantitative estimate of drug-likeness (QED) is 0.565. The Morgan fingerprint density at radius 3 is 1.85 bits per heavy atom. The highest BCUT2D eigenvalue weighted by atomic mass is 35.5. The molecule has 7 heteroatoms. The highest BCUT2D eigenvalue weighted by molar-refractivity contribution is 6.01. The number of ketones is 1. The molecule has 0 heterocycles. The van der Waals surface area contributed by atoms with E-state index >= 15 is 0 Å². The van der Waals surface area contributed by atoms with Crippen LogP contribution in [0.5, 0.6) is 0 Å². The lowest BCUT2D eigenvalue weighted by Crippen LogP contribution is -2.44. The number of carboxylic acids is 1. The third kappa shape index (κ3) is 7.60. The van der Waals surface area contributed by atoms with Crippen molar-refractivity contribution >= 4 is 30.1 Å². The van der Waals surface area contributed by atoms with Crippen molar-refractivity contribution in [3.8, 4) is 0 Å². The molecule has 0 aliphatic carbocycles. The molecule has 6 nitrogen and oxygen atoms in total. The zero-order valence-electron chi connectivity index (χ0n) is 14.7. The second kappa shape index (κ2) is 11.1. The summed E-state index contributed by atoms with van der Waals surface area (Å²) in [5.74, 6) is -2.21. The molecular weight excluding hydrogens is 368 g/mol. The summed E-state index contributed by atoms with van der Waals surface area (Å²) in [6.45, 7) is 0. The molecule has 0 saturated carbocycles. The van der Waals surface area contributed by atoms with Crippen LogP contribution in [0.2, 0.25) is 0 Å². The van der Waals surface area contributed by atoms with Crippen molar-refractivity contribution in [1.29, 1.82) is 0 Å². The van der Waals surface area contributed by atoms with Gasteiger partial charge in [-0.15, -0.1) is 12.4 Å². The summed E-state index contributed by atoms with van der Waals surface area (Å²) in [6, 6.07) is 16.3. The lowest BCUT2D eigenvalue weighted by Gasteiger charge is -2.15. The van der Waals surface area contributed by atoms with Gasteiger partial charge >= 0.3 is 5.97 Å². The highest BCUT2D eigenvalue weighted by Crippen LogP contribution is 2.06. The van der Waals surface area contributed by atoms with Crippen LogP contribution < -0.4 is 11.1 Å². The largest absolute Gasteiger partial charge is 0.480 e. The van der Waals surface area contributed by atoms with Crippen molar-refractivity contribution in [1.82, 2.24) is 5.32 Å². The molecule has 2 rings (SSSR count). The number of hydrogen-bond donors (Lipinski definition) is 3. The van der Waals surface area contributed by atoms with Crippen LogP contribution in [0.15, 0.2) is 60.7 Å². The van der Waals surface area contributed by atoms with Crippen LogP contribution in [-0.2, 0) is 27.2 Å². The van der Waals surface area contributed by atoms with Gasteiger partial charge in [0.25, 0.3) is 0 Å². The summed E-state index contributed by atoms with van der Waals surface area (Å²) in [4.78, 5) is 35.6. The fraction of sp³-hybridized carbons (Fsp3) is 0.250. The Morgan fingerprint density at radius 1 is 0.889 bits per heavy atom. The number of nitrogens with two attached hydrogens (primary N) is 1. The minimum absolute atomic E-state index is 0. The average molecular weight is 391 g/mol. The molecule has 4 N–H and O–H groups in total. The van der Waals surface area contributed by atoms with E-state index in [9.17, 15) is 19.5 Å². The number of rotatable bonds is 9. The van der Waals surface area contributed by atoms with E-state index in [1.807, 2.05) is 36.4 Å². The van der Waals surface area contributed by atoms with Gasteiger partial charge in [0.15, 0.2) is 5.78 Å². The summed E-state index contributed by atoms with van der Waals surface area (Å²) in [5, 5.41) is 11.7. The molecule has 27 heavy (non-hydrogen) atoms. The smallest absolute Gasteiger partial charge is 0.326 e. The molecule has 2 aromatic rings. The molecule has 0 saturated heterocycles. The Labute approximate surface area is 164 Å². The predicted octanol–water partition coefficient (Wildman–Crippen LogP) is 1.75. The summed E-state index contributed by atoms with van der Waals surface area (Å²) in [5.41, 5.74) is 7.55. The van der Waals surface area contributed by atoms with E-state index in [1.54, 1.807) is 24.3 Å². The van der Waals surface area contributed by atoms with Gasteiger partial charge in [-0.2, -0.15) is 0 Å². The third-order valence-corrected chi connectivity index (χ3v) is 3.96. The molecule has 0 unspecified atom stereocenters.